The molecule has 0 amide bonds. The molecule has 0 saturated heterocycles. The molecule has 0 aliphatic heterocycles. The number of nitrogens with zero attached hydrogens (tertiary/aromatic N) is 3. The molecule has 1 heterocycles. The number of aliphatic hydroxyl groups excluding tert-OH is 2. The van der Waals surface area contributed by atoms with Crippen molar-refractivity contribution < 1.29 is 10.2 Å². The summed E-state index contributed by atoms with van der Waals surface area (Å²) in [5, 5.41) is 25.9. The van der Waals surface area contributed by atoms with E-state index in [1.807, 2.05) is 23.6 Å². The highest BCUT2D eigenvalue weighted by Gasteiger charge is 2.19. The van der Waals surface area contributed by atoms with E-state index in [-0.39, 0.29) is 6.54 Å². The molecule has 0 bridgehead atoms. The Balaban J connectivity index is 2.32. The number of fused-ring (bicyclic) bond motifs is 1. The van der Waals surface area contributed by atoms with Gasteiger partial charge in [0.2, 0.25) is 0 Å². The minimum absolute atomic E-state index is 0.139. The number of benzene rings is 1. The van der Waals surface area contributed by atoms with Crippen molar-refractivity contribution in [3.05, 3.63) is 45.7 Å². The molecule has 2 rings (SSSR count). The van der Waals surface area contributed by atoms with Gasteiger partial charge in [0.1, 0.15) is 6.10 Å². The molecule has 0 radical (unpaired) electrons. The van der Waals surface area contributed by atoms with Crippen LogP contribution < -0.4 is 0 Å². The predicted molar refractivity (Wildman–Crippen MR) is 66.8 cm³/mol. The highest BCUT2D eigenvalue weighted by atomic mass is 32.1. The van der Waals surface area contributed by atoms with Crippen LogP contribution in [-0.2, 0) is 0 Å². The Hall–Kier alpha value is -1.59. The van der Waals surface area contributed by atoms with E-state index in [0.29, 0.717) is 5.56 Å². The third kappa shape index (κ3) is 2.40. The molecular weight excluding hydrogens is 238 g/mol. The maximum absolute atomic E-state index is 10.0. The van der Waals surface area contributed by atoms with Crippen molar-refractivity contribution in [3.63, 3.8) is 0 Å². The minimum atomic E-state index is -1.08. The lowest BCUT2D eigenvalue weighted by Gasteiger charge is -2.16. The van der Waals surface area contributed by atoms with E-state index in [4.69, 9.17) is 5.53 Å². The van der Waals surface area contributed by atoms with Gasteiger partial charge in [0, 0.05) is 15.2 Å². The van der Waals surface area contributed by atoms with E-state index in [2.05, 4.69) is 10.0 Å². The van der Waals surface area contributed by atoms with Crippen molar-refractivity contribution >= 4 is 21.4 Å². The lowest BCUT2D eigenvalue weighted by atomic mass is 10.0. The molecule has 2 atom stereocenters. The van der Waals surface area contributed by atoms with Gasteiger partial charge in [-0.25, -0.2) is 0 Å². The first-order valence-corrected chi connectivity index (χ1v) is 5.95. The molecule has 88 valence electrons. The van der Waals surface area contributed by atoms with Crippen LogP contribution in [0.25, 0.3) is 20.5 Å². The highest BCUT2D eigenvalue weighted by molar-refractivity contribution is 7.17. The molecule has 0 fully saturated rings. The van der Waals surface area contributed by atoms with Gasteiger partial charge in [0.15, 0.2) is 0 Å². The average molecular weight is 249 g/mol. The maximum atomic E-state index is 10.0. The van der Waals surface area contributed by atoms with Gasteiger partial charge >= 0.3 is 0 Å². The maximum Gasteiger partial charge on any atom is 0.106 e. The van der Waals surface area contributed by atoms with Gasteiger partial charge in [-0.1, -0.05) is 23.3 Å². The van der Waals surface area contributed by atoms with Crippen LogP contribution >= 0.6 is 11.3 Å². The molecule has 1 aromatic heterocycles. The van der Waals surface area contributed by atoms with Gasteiger partial charge in [0.05, 0.1) is 12.6 Å². The summed E-state index contributed by atoms with van der Waals surface area (Å²) in [6.07, 6.45) is -2.12. The molecule has 0 aliphatic carbocycles. The van der Waals surface area contributed by atoms with E-state index in [1.165, 1.54) is 11.3 Å². The van der Waals surface area contributed by atoms with E-state index < -0.39 is 12.2 Å². The molecular formula is C11H11N3O2S. The van der Waals surface area contributed by atoms with Crippen molar-refractivity contribution in [3.8, 4) is 0 Å². The van der Waals surface area contributed by atoms with E-state index in [0.717, 1.165) is 10.1 Å². The van der Waals surface area contributed by atoms with Crippen LogP contribution in [0.1, 0.15) is 11.7 Å². The standard InChI is InChI=1S/C11H11N3O2S/c12-14-13-6-9(15)10(16)8-3-1-2-7-4-5-17-11(7)8/h1-5,9-10,15-16H,6H2. The topological polar surface area (TPSA) is 89.2 Å². The molecule has 5 nitrogen and oxygen atoms in total. The molecule has 1 aromatic carbocycles. The second kappa shape index (κ2) is 5.16. The summed E-state index contributed by atoms with van der Waals surface area (Å²) in [6, 6.07) is 7.49. The van der Waals surface area contributed by atoms with Crippen LogP contribution in [0.2, 0.25) is 0 Å². The smallest absolute Gasteiger partial charge is 0.106 e. The van der Waals surface area contributed by atoms with Crippen molar-refractivity contribution in [2.45, 2.75) is 12.2 Å². The minimum Gasteiger partial charge on any atom is -0.390 e. The fraction of sp³-hybridized carbons (Fsp3) is 0.273. The summed E-state index contributed by atoms with van der Waals surface area (Å²) in [4.78, 5) is 2.56. The number of rotatable bonds is 4. The third-order valence-electron chi connectivity index (χ3n) is 2.52. The summed E-state index contributed by atoms with van der Waals surface area (Å²) in [5.74, 6) is 0. The Bertz CT molecular complexity index is 563. The van der Waals surface area contributed by atoms with Crippen molar-refractivity contribution in [1.82, 2.24) is 0 Å². The lowest BCUT2D eigenvalue weighted by molar-refractivity contribution is 0.0254. The number of aliphatic hydroxyl groups is 2. The highest BCUT2D eigenvalue weighted by Crippen LogP contribution is 2.30. The Morgan fingerprint density at radius 1 is 1.35 bits per heavy atom. The van der Waals surface area contributed by atoms with E-state index >= 15 is 0 Å². The van der Waals surface area contributed by atoms with E-state index in [1.54, 1.807) is 6.07 Å². The quantitative estimate of drug-likeness (QED) is 0.495. The van der Waals surface area contributed by atoms with Crippen molar-refractivity contribution in [2.24, 2.45) is 5.11 Å². The second-order valence-electron chi connectivity index (χ2n) is 3.61. The summed E-state index contributed by atoms with van der Waals surface area (Å²) >= 11 is 1.51. The first kappa shape index (κ1) is 11.9. The Morgan fingerprint density at radius 3 is 2.94 bits per heavy atom. The predicted octanol–water partition coefficient (Wildman–Crippen LogP) is 2.61. The molecule has 6 heteroatoms. The van der Waals surface area contributed by atoms with Crippen LogP contribution in [0.5, 0.6) is 0 Å². The van der Waals surface area contributed by atoms with Gasteiger partial charge in [-0.15, -0.1) is 11.3 Å². The van der Waals surface area contributed by atoms with Crippen LogP contribution in [0, 0.1) is 0 Å². The normalized spacial score (nSPS) is 14.2. The van der Waals surface area contributed by atoms with Crippen molar-refractivity contribution in [1.29, 1.82) is 0 Å². The third-order valence-corrected chi connectivity index (χ3v) is 3.50. The monoisotopic (exact) mass is 249 g/mol. The number of azide groups is 1. The first-order valence-electron chi connectivity index (χ1n) is 5.07. The average Bonchev–Trinajstić information content (AvgIpc) is 2.82. The van der Waals surface area contributed by atoms with Crippen molar-refractivity contribution in [2.75, 3.05) is 6.54 Å². The molecule has 0 spiro atoms. The number of hydrogen-bond acceptors (Lipinski definition) is 4. The van der Waals surface area contributed by atoms with Gasteiger partial charge in [-0.2, -0.15) is 0 Å². The SMILES string of the molecule is [N-]=[N+]=NCC(O)C(O)c1cccc2ccsc12. The largest absolute Gasteiger partial charge is 0.390 e. The first-order chi connectivity index (χ1) is 8.24. The van der Waals surface area contributed by atoms with Crippen LogP contribution in [0.4, 0.5) is 0 Å². The van der Waals surface area contributed by atoms with Gasteiger partial charge in [0.25, 0.3) is 0 Å². The van der Waals surface area contributed by atoms with Gasteiger partial charge < -0.3 is 10.2 Å². The molecule has 2 unspecified atom stereocenters. The Morgan fingerprint density at radius 2 is 2.18 bits per heavy atom. The fourth-order valence-electron chi connectivity index (χ4n) is 1.68. The Kier molecular flexibility index (Phi) is 3.61. The number of thiophene rings is 1. The number of hydrogen-bond donors (Lipinski definition) is 2. The zero-order valence-corrected chi connectivity index (χ0v) is 9.71. The summed E-state index contributed by atoms with van der Waals surface area (Å²) in [6.45, 7) is -0.139. The summed E-state index contributed by atoms with van der Waals surface area (Å²) in [5.41, 5.74) is 8.84. The van der Waals surface area contributed by atoms with E-state index in [9.17, 15) is 10.2 Å². The Labute approximate surface area is 102 Å². The second-order valence-corrected chi connectivity index (χ2v) is 4.53. The fourth-order valence-corrected chi connectivity index (χ4v) is 2.62. The van der Waals surface area contributed by atoms with Crippen LogP contribution in [0.15, 0.2) is 34.8 Å². The summed E-state index contributed by atoms with van der Waals surface area (Å²) < 4.78 is 0.944. The zero-order valence-electron chi connectivity index (χ0n) is 8.89. The molecule has 2 N–H and O–H groups in total. The van der Waals surface area contributed by atoms with Gasteiger partial charge in [-0.05, 0) is 22.4 Å². The summed E-state index contributed by atoms with van der Waals surface area (Å²) in [7, 11) is 0. The lowest BCUT2D eigenvalue weighted by Crippen LogP contribution is -2.21. The molecule has 2 aromatic rings. The molecule has 17 heavy (non-hydrogen) atoms. The van der Waals surface area contributed by atoms with Crippen LogP contribution in [-0.4, -0.2) is 22.9 Å². The zero-order chi connectivity index (χ0) is 12.3. The molecule has 0 aliphatic rings. The molecule has 0 saturated carbocycles. The van der Waals surface area contributed by atoms with Gasteiger partial charge in [-0.3, -0.25) is 0 Å². The van der Waals surface area contributed by atoms with Crippen LogP contribution in [0.3, 0.4) is 0 Å².